The van der Waals surface area contributed by atoms with E-state index >= 15 is 0 Å². The molecule has 2 rings (SSSR count). The van der Waals surface area contributed by atoms with E-state index in [4.69, 9.17) is 4.74 Å². The van der Waals surface area contributed by atoms with Crippen molar-refractivity contribution in [3.05, 3.63) is 24.3 Å². The molecular weight excluding hydrogens is 238 g/mol. The Labute approximate surface area is 116 Å². The molecule has 0 radical (unpaired) electrons. The molecule has 3 nitrogen and oxygen atoms in total. The SMILES string of the molecule is COc1cccc(NC2(CO)CCC(C)(C)CC2)c1. The molecule has 0 aromatic heterocycles. The molecule has 1 fully saturated rings. The first-order chi connectivity index (χ1) is 8.99. The molecule has 1 aliphatic rings. The summed E-state index contributed by atoms with van der Waals surface area (Å²) < 4.78 is 5.24. The van der Waals surface area contributed by atoms with Crippen LogP contribution in [0.2, 0.25) is 0 Å². The van der Waals surface area contributed by atoms with Gasteiger partial charge in [-0.1, -0.05) is 19.9 Å². The Morgan fingerprint density at radius 3 is 2.47 bits per heavy atom. The summed E-state index contributed by atoms with van der Waals surface area (Å²) in [5.41, 5.74) is 1.24. The van der Waals surface area contributed by atoms with Gasteiger partial charge in [0.15, 0.2) is 0 Å². The van der Waals surface area contributed by atoms with E-state index in [1.165, 1.54) is 0 Å². The third-order valence-electron chi connectivity index (χ3n) is 4.34. The molecule has 0 heterocycles. The number of hydrogen-bond acceptors (Lipinski definition) is 3. The van der Waals surface area contributed by atoms with Crippen molar-refractivity contribution in [2.24, 2.45) is 5.41 Å². The van der Waals surface area contributed by atoms with E-state index < -0.39 is 0 Å². The van der Waals surface area contributed by atoms with E-state index in [-0.39, 0.29) is 12.1 Å². The molecule has 0 unspecified atom stereocenters. The summed E-state index contributed by atoms with van der Waals surface area (Å²) in [5.74, 6) is 0.842. The van der Waals surface area contributed by atoms with Crippen LogP contribution in [-0.2, 0) is 0 Å². The zero-order chi connectivity index (χ0) is 13.9. The lowest BCUT2D eigenvalue weighted by Gasteiger charge is -2.43. The molecule has 0 amide bonds. The topological polar surface area (TPSA) is 41.5 Å². The molecular formula is C16H25NO2. The molecule has 0 spiro atoms. The van der Waals surface area contributed by atoms with Gasteiger partial charge in [0.25, 0.3) is 0 Å². The quantitative estimate of drug-likeness (QED) is 0.874. The maximum Gasteiger partial charge on any atom is 0.120 e. The maximum atomic E-state index is 9.81. The number of rotatable bonds is 4. The molecule has 0 atom stereocenters. The second kappa shape index (κ2) is 5.41. The second-order valence-electron chi connectivity index (χ2n) is 6.46. The van der Waals surface area contributed by atoms with Crippen molar-refractivity contribution in [3.8, 4) is 5.75 Å². The lowest BCUT2D eigenvalue weighted by Crippen LogP contribution is -2.46. The van der Waals surface area contributed by atoms with Crippen LogP contribution >= 0.6 is 0 Å². The predicted octanol–water partition coefficient (Wildman–Crippen LogP) is 3.44. The van der Waals surface area contributed by atoms with Gasteiger partial charge in [-0.25, -0.2) is 0 Å². The first-order valence-electron chi connectivity index (χ1n) is 7.02. The Bertz CT molecular complexity index is 419. The number of methoxy groups -OCH3 is 1. The van der Waals surface area contributed by atoms with Gasteiger partial charge in [0.05, 0.1) is 19.3 Å². The van der Waals surface area contributed by atoms with E-state index in [0.717, 1.165) is 37.1 Å². The molecule has 19 heavy (non-hydrogen) atoms. The Balaban J connectivity index is 2.10. The number of aliphatic hydroxyl groups is 1. The largest absolute Gasteiger partial charge is 0.497 e. The summed E-state index contributed by atoms with van der Waals surface area (Å²) in [5, 5.41) is 13.3. The van der Waals surface area contributed by atoms with Crippen molar-refractivity contribution in [1.29, 1.82) is 0 Å². The number of nitrogens with one attached hydrogen (secondary N) is 1. The van der Waals surface area contributed by atoms with Gasteiger partial charge in [0.2, 0.25) is 0 Å². The normalized spacial score (nSPS) is 20.8. The fourth-order valence-electron chi connectivity index (χ4n) is 2.73. The van der Waals surface area contributed by atoms with Crippen LogP contribution < -0.4 is 10.1 Å². The van der Waals surface area contributed by atoms with Gasteiger partial charge < -0.3 is 15.2 Å². The highest BCUT2D eigenvalue weighted by atomic mass is 16.5. The van der Waals surface area contributed by atoms with Crippen molar-refractivity contribution in [2.75, 3.05) is 19.0 Å². The molecule has 0 aliphatic heterocycles. The second-order valence-corrected chi connectivity index (χ2v) is 6.46. The van der Waals surface area contributed by atoms with Crippen LogP contribution in [0.3, 0.4) is 0 Å². The highest BCUT2D eigenvalue weighted by Gasteiger charge is 2.37. The summed E-state index contributed by atoms with van der Waals surface area (Å²) in [6, 6.07) is 7.91. The van der Waals surface area contributed by atoms with E-state index in [0.29, 0.717) is 5.41 Å². The number of aliphatic hydroxyl groups excluding tert-OH is 1. The zero-order valence-electron chi connectivity index (χ0n) is 12.2. The predicted molar refractivity (Wildman–Crippen MR) is 78.7 cm³/mol. The minimum Gasteiger partial charge on any atom is -0.497 e. The third kappa shape index (κ3) is 3.41. The Hall–Kier alpha value is -1.22. The van der Waals surface area contributed by atoms with Crippen LogP contribution in [0.15, 0.2) is 24.3 Å². The van der Waals surface area contributed by atoms with Crippen LogP contribution in [0.25, 0.3) is 0 Å². The Morgan fingerprint density at radius 2 is 1.89 bits per heavy atom. The number of benzene rings is 1. The summed E-state index contributed by atoms with van der Waals surface area (Å²) >= 11 is 0. The highest BCUT2D eigenvalue weighted by molar-refractivity contribution is 5.50. The zero-order valence-corrected chi connectivity index (χ0v) is 12.2. The van der Waals surface area contributed by atoms with Crippen molar-refractivity contribution in [2.45, 2.75) is 45.1 Å². The van der Waals surface area contributed by atoms with Crippen LogP contribution in [-0.4, -0.2) is 24.4 Å². The Morgan fingerprint density at radius 1 is 1.21 bits per heavy atom. The average Bonchev–Trinajstić information content (AvgIpc) is 2.42. The van der Waals surface area contributed by atoms with Crippen molar-refractivity contribution in [1.82, 2.24) is 0 Å². The van der Waals surface area contributed by atoms with Gasteiger partial charge in [-0.05, 0) is 43.2 Å². The highest BCUT2D eigenvalue weighted by Crippen LogP contribution is 2.41. The fourth-order valence-corrected chi connectivity index (χ4v) is 2.73. The summed E-state index contributed by atoms with van der Waals surface area (Å²) in [6.07, 6.45) is 4.30. The standard InChI is InChI=1S/C16H25NO2/c1-15(2)7-9-16(12-18,10-8-15)17-13-5-4-6-14(11-13)19-3/h4-6,11,17-18H,7-10,12H2,1-3H3. The molecule has 0 bridgehead atoms. The number of hydrogen-bond donors (Lipinski definition) is 2. The van der Waals surface area contributed by atoms with Crippen molar-refractivity contribution >= 4 is 5.69 Å². The van der Waals surface area contributed by atoms with Crippen LogP contribution in [0.1, 0.15) is 39.5 Å². The molecule has 1 saturated carbocycles. The van der Waals surface area contributed by atoms with E-state index in [1.54, 1.807) is 7.11 Å². The molecule has 106 valence electrons. The van der Waals surface area contributed by atoms with E-state index in [1.807, 2.05) is 24.3 Å². The third-order valence-corrected chi connectivity index (χ3v) is 4.34. The molecule has 0 saturated heterocycles. The van der Waals surface area contributed by atoms with Gasteiger partial charge in [-0.3, -0.25) is 0 Å². The average molecular weight is 263 g/mol. The van der Waals surface area contributed by atoms with Crippen molar-refractivity contribution in [3.63, 3.8) is 0 Å². The number of anilines is 1. The van der Waals surface area contributed by atoms with E-state index in [2.05, 4.69) is 19.2 Å². The van der Waals surface area contributed by atoms with Gasteiger partial charge in [0, 0.05) is 11.8 Å². The van der Waals surface area contributed by atoms with Gasteiger partial charge in [-0.2, -0.15) is 0 Å². The lowest BCUT2D eigenvalue weighted by atomic mass is 9.69. The van der Waals surface area contributed by atoms with Crippen LogP contribution in [0.4, 0.5) is 5.69 Å². The first kappa shape index (κ1) is 14.2. The maximum absolute atomic E-state index is 9.81. The molecule has 1 aromatic rings. The van der Waals surface area contributed by atoms with Gasteiger partial charge in [-0.15, -0.1) is 0 Å². The summed E-state index contributed by atoms with van der Waals surface area (Å²) in [6.45, 7) is 4.79. The molecule has 1 aromatic carbocycles. The molecule has 3 heteroatoms. The fraction of sp³-hybridized carbons (Fsp3) is 0.625. The Kier molecular flexibility index (Phi) is 4.04. The smallest absolute Gasteiger partial charge is 0.120 e. The summed E-state index contributed by atoms with van der Waals surface area (Å²) in [4.78, 5) is 0. The molecule has 1 aliphatic carbocycles. The first-order valence-corrected chi connectivity index (χ1v) is 7.02. The van der Waals surface area contributed by atoms with Crippen molar-refractivity contribution < 1.29 is 9.84 Å². The van der Waals surface area contributed by atoms with Gasteiger partial charge in [0.1, 0.15) is 5.75 Å². The van der Waals surface area contributed by atoms with Crippen LogP contribution in [0, 0.1) is 5.41 Å². The van der Waals surface area contributed by atoms with Gasteiger partial charge >= 0.3 is 0 Å². The number of ether oxygens (including phenoxy) is 1. The van der Waals surface area contributed by atoms with E-state index in [9.17, 15) is 5.11 Å². The minimum absolute atomic E-state index is 0.179. The minimum atomic E-state index is -0.179. The van der Waals surface area contributed by atoms with Crippen LogP contribution in [0.5, 0.6) is 5.75 Å². The molecule has 2 N–H and O–H groups in total. The summed E-state index contributed by atoms with van der Waals surface area (Å²) in [7, 11) is 1.67. The lowest BCUT2D eigenvalue weighted by molar-refractivity contribution is 0.118. The monoisotopic (exact) mass is 263 g/mol.